The van der Waals surface area contributed by atoms with E-state index in [1.165, 1.54) is 0 Å². The Morgan fingerprint density at radius 1 is 1.60 bits per heavy atom. The third-order valence-corrected chi connectivity index (χ3v) is 1.45. The SMILES string of the molecule is C=C(CC(C)C)N(C)NC. The van der Waals surface area contributed by atoms with Gasteiger partial charge < -0.3 is 5.01 Å². The van der Waals surface area contributed by atoms with Gasteiger partial charge in [-0.15, -0.1) is 0 Å². The average Bonchev–Trinajstić information content (AvgIpc) is 1.85. The molecule has 0 saturated heterocycles. The van der Waals surface area contributed by atoms with Crippen LogP contribution in [0.1, 0.15) is 20.3 Å². The Hall–Kier alpha value is -0.500. The van der Waals surface area contributed by atoms with Gasteiger partial charge >= 0.3 is 0 Å². The van der Waals surface area contributed by atoms with Crippen molar-refractivity contribution >= 4 is 0 Å². The molecule has 10 heavy (non-hydrogen) atoms. The van der Waals surface area contributed by atoms with Gasteiger partial charge in [0.05, 0.1) is 0 Å². The highest BCUT2D eigenvalue weighted by Gasteiger charge is 2.01. The van der Waals surface area contributed by atoms with Gasteiger partial charge in [-0.1, -0.05) is 20.4 Å². The summed E-state index contributed by atoms with van der Waals surface area (Å²) in [5.74, 6) is 0.684. The lowest BCUT2D eigenvalue weighted by Gasteiger charge is -2.21. The van der Waals surface area contributed by atoms with E-state index in [-0.39, 0.29) is 0 Å². The molecule has 0 aromatic carbocycles. The maximum atomic E-state index is 3.93. The summed E-state index contributed by atoms with van der Waals surface area (Å²) in [7, 11) is 3.87. The highest BCUT2D eigenvalue weighted by Crippen LogP contribution is 2.09. The zero-order valence-corrected chi connectivity index (χ0v) is 7.44. The third kappa shape index (κ3) is 3.51. The average molecular weight is 142 g/mol. The van der Waals surface area contributed by atoms with E-state index in [2.05, 4.69) is 25.9 Å². The van der Waals surface area contributed by atoms with Crippen LogP contribution in [0.25, 0.3) is 0 Å². The fourth-order valence-corrected chi connectivity index (χ4v) is 0.766. The van der Waals surface area contributed by atoms with Gasteiger partial charge in [0.2, 0.25) is 0 Å². The van der Waals surface area contributed by atoms with Crippen molar-refractivity contribution in [1.29, 1.82) is 0 Å². The maximum absolute atomic E-state index is 3.93. The molecule has 0 spiro atoms. The Balaban J connectivity index is 3.62. The van der Waals surface area contributed by atoms with Crippen molar-refractivity contribution in [3.63, 3.8) is 0 Å². The minimum Gasteiger partial charge on any atom is -0.316 e. The van der Waals surface area contributed by atoms with Crippen molar-refractivity contribution in [2.45, 2.75) is 20.3 Å². The number of hydrazine groups is 1. The number of hydrogen-bond acceptors (Lipinski definition) is 2. The molecule has 0 radical (unpaired) electrons. The van der Waals surface area contributed by atoms with Crippen LogP contribution >= 0.6 is 0 Å². The topological polar surface area (TPSA) is 15.3 Å². The van der Waals surface area contributed by atoms with Crippen LogP contribution in [0, 0.1) is 5.92 Å². The number of nitrogens with one attached hydrogen (secondary N) is 1. The van der Waals surface area contributed by atoms with E-state index in [1.807, 2.05) is 19.1 Å². The Bertz CT molecular complexity index is 108. The summed E-state index contributed by atoms with van der Waals surface area (Å²) in [6, 6.07) is 0. The second-order valence-electron chi connectivity index (χ2n) is 2.95. The lowest BCUT2D eigenvalue weighted by Crippen LogP contribution is -2.29. The molecule has 0 rings (SSSR count). The van der Waals surface area contributed by atoms with Gasteiger partial charge in [-0.25, -0.2) is 5.43 Å². The highest BCUT2D eigenvalue weighted by molar-refractivity contribution is 4.90. The molecule has 0 bridgehead atoms. The van der Waals surface area contributed by atoms with Crippen LogP contribution in [0.2, 0.25) is 0 Å². The molecule has 0 saturated carbocycles. The molecule has 0 fully saturated rings. The molecule has 0 atom stereocenters. The summed E-state index contributed by atoms with van der Waals surface area (Å²) in [6.45, 7) is 8.31. The monoisotopic (exact) mass is 142 g/mol. The first-order valence-corrected chi connectivity index (χ1v) is 3.66. The van der Waals surface area contributed by atoms with Crippen molar-refractivity contribution in [3.8, 4) is 0 Å². The predicted octanol–water partition coefficient (Wildman–Crippen LogP) is 1.61. The van der Waals surface area contributed by atoms with Gasteiger partial charge in [-0.05, 0) is 12.3 Å². The second-order valence-corrected chi connectivity index (χ2v) is 2.95. The van der Waals surface area contributed by atoms with Gasteiger partial charge in [0, 0.05) is 19.8 Å². The first-order valence-electron chi connectivity index (χ1n) is 3.66. The molecule has 1 N–H and O–H groups in total. The zero-order valence-electron chi connectivity index (χ0n) is 7.44. The normalized spacial score (nSPS) is 10.1. The molecule has 0 amide bonds. The Morgan fingerprint density at radius 2 is 2.10 bits per heavy atom. The number of nitrogens with zero attached hydrogens (tertiary/aromatic N) is 1. The smallest absolute Gasteiger partial charge is 0.0228 e. The van der Waals surface area contributed by atoms with Gasteiger partial charge in [-0.3, -0.25) is 0 Å². The molecule has 60 valence electrons. The fraction of sp³-hybridized carbons (Fsp3) is 0.750. The Labute approximate surface area is 63.9 Å². The summed E-state index contributed by atoms with van der Waals surface area (Å²) < 4.78 is 0. The minimum absolute atomic E-state index is 0.684. The van der Waals surface area contributed by atoms with E-state index in [1.54, 1.807) is 0 Å². The van der Waals surface area contributed by atoms with Crippen LogP contribution in [-0.4, -0.2) is 19.1 Å². The van der Waals surface area contributed by atoms with Crippen LogP contribution in [0.15, 0.2) is 12.3 Å². The van der Waals surface area contributed by atoms with Crippen LogP contribution < -0.4 is 5.43 Å². The molecule has 2 heteroatoms. The van der Waals surface area contributed by atoms with Crippen molar-refractivity contribution < 1.29 is 0 Å². The molecule has 2 nitrogen and oxygen atoms in total. The molecule has 0 aromatic heterocycles. The summed E-state index contributed by atoms with van der Waals surface area (Å²) in [5, 5.41) is 1.94. The van der Waals surface area contributed by atoms with Gasteiger partial charge in [-0.2, -0.15) is 0 Å². The second kappa shape index (κ2) is 4.34. The quantitative estimate of drug-likeness (QED) is 0.600. The van der Waals surface area contributed by atoms with Crippen LogP contribution in [-0.2, 0) is 0 Å². The van der Waals surface area contributed by atoms with Crippen molar-refractivity contribution in [1.82, 2.24) is 10.4 Å². The first-order chi connectivity index (χ1) is 4.57. The standard InChI is InChI=1S/C8H18N2/c1-7(2)6-8(3)10(5)9-4/h7,9H,3,6H2,1-2,4-5H3. The summed E-state index contributed by atoms with van der Waals surface area (Å²) in [4.78, 5) is 0. The van der Waals surface area contributed by atoms with Crippen molar-refractivity contribution in [3.05, 3.63) is 12.3 Å². The van der Waals surface area contributed by atoms with Crippen LogP contribution in [0.4, 0.5) is 0 Å². The van der Waals surface area contributed by atoms with E-state index in [9.17, 15) is 0 Å². The third-order valence-electron chi connectivity index (χ3n) is 1.45. The molecule has 0 heterocycles. The Morgan fingerprint density at radius 3 is 2.40 bits per heavy atom. The number of rotatable bonds is 4. The van der Waals surface area contributed by atoms with Gasteiger partial charge in [0.1, 0.15) is 0 Å². The largest absolute Gasteiger partial charge is 0.316 e. The molecular weight excluding hydrogens is 124 g/mol. The lowest BCUT2D eigenvalue weighted by molar-refractivity contribution is 0.311. The van der Waals surface area contributed by atoms with Crippen molar-refractivity contribution in [2.75, 3.05) is 14.1 Å². The zero-order chi connectivity index (χ0) is 8.15. The van der Waals surface area contributed by atoms with Crippen LogP contribution in [0.3, 0.4) is 0 Å². The lowest BCUT2D eigenvalue weighted by atomic mass is 10.1. The number of allylic oxidation sites excluding steroid dienone is 1. The van der Waals surface area contributed by atoms with Gasteiger partial charge in [0.15, 0.2) is 0 Å². The first kappa shape index (κ1) is 9.50. The van der Waals surface area contributed by atoms with Crippen molar-refractivity contribution in [2.24, 2.45) is 5.92 Å². The molecule has 0 aromatic rings. The van der Waals surface area contributed by atoms with Crippen LogP contribution in [0.5, 0.6) is 0 Å². The molecular formula is C8H18N2. The minimum atomic E-state index is 0.684. The van der Waals surface area contributed by atoms with E-state index in [0.29, 0.717) is 5.92 Å². The van der Waals surface area contributed by atoms with E-state index >= 15 is 0 Å². The molecule has 0 aliphatic rings. The summed E-state index contributed by atoms with van der Waals surface area (Å²) in [6.07, 6.45) is 1.05. The molecule has 0 aliphatic carbocycles. The van der Waals surface area contributed by atoms with E-state index in [0.717, 1.165) is 12.1 Å². The predicted molar refractivity (Wildman–Crippen MR) is 45.4 cm³/mol. The number of hydrogen-bond donors (Lipinski definition) is 1. The molecule has 0 aliphatic heterocycles. The van der Waals surface area contributed by atoms with E-state index in [4.69, 9.17) is 0 Å². The van der Waals surface area contributed by atoms with E-state index < -0.39 is 0 Å². The maximum Gasteiger partial charge on any atom is 0.0228 e. The highest BCUT2D eigenvalue weighted by atomic mass is 15.5. The van der Waals surface area contributed by atoms with Gasteiger partial charge in [0.25, 0.3) is 0 Å². The summed E-state index contributed by atoms with van der Waals surface area (Å²) in [5.41, 5.74) is 4.14. The fourth-order valence-electron chi connectivity index (χ4n) is 0.766. The summed E-state index contributed by atoms with van der Waals surface area (Å²) >= 11 is 0. The Kier molecular flexibility index (Phi) is 4.12. The molecule has 0 unspecified atom stereocenters.